The summed E-state index contributed by atoms with van der Waals surface area (Å²) in [4.78, 5) is 14.4. The fraction of sp³-hybridized carbons (Fsp3) is 0.471. The fourth-order valence-corrected chi connectivity index (χ4v) is 3.34. The van der Waals surface area contributed by atoms with E-state index in [1.165, 1.54) is 0 Å². The molecule has 118 valence electrons. The first-order chi connectivity index (χ1) is 10.7. The Kier molecular flexibility index (Phi) is 4.69. The molecule has 0 unspecified atom stereocenters. The summed E-state index contributed by atoms with van der Waals surface area (Å²) >= 11 is 6.28. The average Bonchev–Trinajstić information content (AvgIpc) is 2.51. The molecule has 1 fully saturated rings. The summed E-state index contributed by atoms with van der Waals surface area (Å²) in [6.07, 6.45) is 6.16. The van der Waals surface area contributed by atoms with Gasteiger partial charge in [0.05, 0.1) is 11.1 Å². The van der Waals surface area contributed by atoms with Crippen LogP contribution in [0.5, 0.6) is 5.75 Å². The monoisotopic (exact) mass is 320 g/mol. The Balaban J connectivity index is 1.74. The van der Waals surface area contributed by atoms with Gasteiger partial charge < -0.3 is 15.0 Å². The number of pyridine rings is 1. The molecular formula is C17H21ClN2O2. The van der Waals surface area contributed by atoms with Crippen LogP contribution in [0.15, 0.2) is 29.2 Å². The number of fused-ring (bicyclic) bond motifs is 1. The van der Waals surface area contributed by atoms with Crippen LogP contribution in [-0.4, -0.2) is 23.7 Å². The van der Waals surface area contributed by atoms with Crippen molar-refractivity contribution in [1.29, 1.82) is 0 Å². The van der Waals surface area contributed by atoms with Gasteiger partial charge in [0.15, 0.2) is 0 Å². The number of aromatic amines is 1. The number of H-pyrrole nitrogens is 1. The predicted molar refractivity (Wildman–Crippen MR) is 89.9 cm³/mol. The third-order valence-corrected chi connectivity index (χ3v) is 4.58. The summed E-state index contributed by atoms with van der Waals surface area (Å²) in [5, 5.41) is 5.43. The van der Waals surface area contributed by atoms with E-state index >= 15 is 0 Å². The number of benzene rings is 1. The molecule has 0 amide bonds. The van der Waals surface area contributed by atoms with E-state index < -0.39 is 0 Å². The van der Waals surface area contributed by atoms with E-state index in [1.807, 2.05) is 12.1 Å². The molecule has 2 aromatic rings. The maximum absolute atomic E-state index is 11.8. The first-order valence-corrected chi connectivity index (χ1v) is 8.26. The van der Waals surface area contributed by atoms with Crippen molar-refractivity contribution < 1.29 is 4.74 Å². The average molecular weight is 321 g/mol. The first-order valence-electron chi connectivity index (χ1n) is 7.88. The lowest BCUT2D eigenvalue weighted by Gasteiger charge is -2.29. The van der Waals surface area contributed by atoms with Crippen LogP contribution < -0.4 is 15.6 Å². The van der Waals surface area contributed by atoms with Crippen molar-refractivity contribution in [2.45, 2.75) is 44.8 Å². The normalized spacial score (nSPS) is 21.9. The Hall–Kier alpha value is -1.52. The molecule has 5 heteroatoms. The van der Waals surface area contributed by atoms with Crippen molar-refractivity contribution in [3.8, 4) is 5.75 Å². The molecule has 1 heterocycles. The second-order valence-corrected chi connectivity index (χ2v) is 6.23. The van der Waals surface area contributed by atoms with Gasteiger partial charge in [-0.15, -0.1) is 0 Å². The third kappa shape index (κ3) is 3.28. The second kappa shape index (κ2) is 6.71. The van der Waals surface area contributed by atoms with Gasteiger partial charge in [0, 0.05) is 17.6 Å². The maximum Gasteiger partial charge on any atom is 0.255 e. The summed E-state index contributed by atoms with van der Waals surface area (Å²) < 4.78 is 6.09. The fourth-order valence-electron chi connectivity index (χ4n) is 3.13. The molecular weight excluding hydrogens is 300 g/mol. The molecule has 4 nitrogen and oxygen atoms in total. The molecule has 1 aliphatic rings. The number of hydrogen-bond acceptors (Lipinski definition) is 3. The lowest BCUT2D eigenvalue weighted by Crippen LogP contribution is -2.36. The van der Waals surface area contributed by atoms with Gasteiger partial charge in [-0.2, -0.15) is 0 Å². The van der Waals surface area contributed by atoms with Gasteiger partial charge in [0.25, 0.3) is 5.56 Å². The van der Waals surface area contributed by atoms with Crippen molar-refractivity contribution >= 4 is 22.4 Å². The van der Waals surface area contributed by atoms with Crippen molar-refractivity contribution in [1.82, 2.24) is 10.3 Å². The molecule has 0 saturated heterocycles. The van der Waals surface area contributed by atoms with Gasteiger partial charge in [-0.05, 0) is 55.8 Å². The lowest BCUT2D eigenvalue weighted by atomic mass is 9.93. The highest BCUT2D eigenvalue weighted by molar-refractivity contribution is 6.32. The van der Waals surface area contributed by atoms with Crippen LogP contribution in [0, 0.1) is 0 Å². The summed E-state index contributed by atoms with van der Waals surface area (Å²) in [7, 11) is 0. The molecule has 22 heavy (non-hydrogen) atoms. The number of nitrogens with one attached hydrogen (secondary N) is 2. The molecule has 2 N–H and O–H groups in total. The van der Waals surface area contributed by atoms with E-state index in [0.717, 1.165) is 37.6 Å². The molecule has 0 atom stereocenters. The molecule has 3 rings (SSSR count). The molecule has 0 spiro atoms. The summed E-state index contributed by atoms with van der Waals surface area (Å²) in [6, 6.07) is 6.02. The topological polar surface area (TPSA) is 54.1 Å². The smallest absolute Gasteiger partial charge is 0.255 e. The van der Waals surface area contributed by atoms with Crippen LogP contribution >= 0.6 is 11.6 Å². The van der Waals surface area contributed by atoms with E-state index in [0.29, 0.717) is 22.2 Å². The molecule has 1 saturated carbocycles. The van der Waals surface area contributed by atoms with Crippen LogP contribution in [-0.2, 0) is 0 Å². The minimum atomic E-state index is -0.128. The first kappa shape index (κ1) is 15.4. The van der Waals surface area contributed by atoms with Gasteiger partial charge in [-0.3, -0.25) is 4.79 Å². The number of ether oxygens (including phenoxy) is 1. The van der Waals surface area contributed by atoms with Crippen LogP contribution in [0.4, 0.5) is 0 Å². The quantitative estimate of drug-likeness (QED) is 0.906. The SMILES string of the molecule is CCN[C@H]1CC[C@@H](Oc2cc3cc[nH]c(=O)c3cc2Cl)CC1. The van der Waals surface area contributed by atoms with E-state index in [-0.39, 0.29) is 11.7 Å². The Morgan fingerprint density at radius 3 is 2.82 bits per heavy atom. The predicted octanol–water partition coefficient (Wildman–Crippen LogP) is 3.48. The molecule has 1 aromatic carbocycles. The van der Waals surface area contributed by atoms with Crippen LogP contribution in [0.2, 0.25) is 5.02 Å². The van der Waals surface area contributed by atoms with Gasteiger partial charge in [0.2, 0.25) is 0 Å². The number of halogens is 1. The molecule has 0 radical (unpaired) electrons. The van der Waals surface area contributed by atoms with E-state index in [2.05, 4.69) is 17.2 Å². The summed E-state index contributed by atoms with van der Waals surface area (Å²) in [5.74, 6) is 0.673. The highest BCUT2D eigenvalue weighted by atomic mass is 35.5. The Labute approximate surface area is 134 Å². The van der Waals surface area contributed by atoms with Crippen LogP contribution in [0.1, 0.15) is 32.6 Å². The highest BCUT2D eigenvalue weighted by Gasteiger charge is 2.22. The Morgan fingerprint density at radius 1 is 1.32 bits per heavy atom. The van der Waals surface area contributed by atoms with Crippen molar-refractivity contribution in [2.24, 2.45) is 0 Å². The van der Waals surface area contributed by atoms with Crippen LogP contribution in [0.25, 0.3) is 10.8 Å². The van der Waals surface area contributed by atoms with E-state index in [9.17, 15) is 4.79 Å². The zero-order valence-corrected chi connectivity index (χ0v) is 13.5. The molecule has 0 aliphatic heterocycles. The van der Waals surface area contributed by atoms with Crippen molar-refractivity contribution in [3.05, 3.63) is 39.8 Å². The molecule has 1 aromatic heterocycles. The van der Waals surface area contributed by atoms with E-state index in [4.69, 9.17) is 16.3 Å². The zero-order valence-electron chi connectivity index (χ0n) is 12.7. The maximum atomic E-state index is 11.8. The minimum Gasteiger partial charge on any atom is -0.489 e. The van der Waals surface area contributed by atoms with Crippen molar-refractivity contribution in [2.75, 3.05) is 6.54 Å². The number of aromatic nitrogens is 1. The standard InChI is InChI=1S/C17H21ClN2O2/c1-2-19-12-3-5-13(6-4-12)22-16-9-11-7-8-20-17(21)14(11)10-15(16)18/h7-10,12-13,19H,2-6H2,1H3,(H,20,21)/t12-,13+. The van der Waals surface area contributed by atoms with Gasteiger partial charge in [-0.1, -0.05) is 18.5 Å². The highest BCUT2D eigenvalue weighted by Crippen LogP contribution is 2.32. The Morgan fingerprint density at radius 2 is 2.09 bits per heavy atom. The van der Waals surface area contributed by atoms with Gasteiger partial charge in [0.1, 0.15) is 5.75 Å². The summed E-state index contributed by atoms with van der Waals surface area (Å²) in [5.41, 5.74) is -0.128. The summed E-state index contributed by atoms with van der Waals surface area (Å²) in [6.45, 7) is 3.15. The number of rotatable bonds is 4. The van der Waals surface area contributed by atoms with Crippen molar-refractivity contribution in [3.63, 3.8) is 0 Å². The zero-order chi connectivity index (χ0) is 15.5. The largest absolute Gasteiger partial charge is 0.489 e. The van der Waals surface area contributed by atoms with Gasteiger partial charge in [-0.25, -0.2) is 0 Å². The van der Waals surface area contributed by atoms with Crippen LogP contribution in [0.3, 0.4) is 0 Å². The molecule has 1 aliphatic carbocycles. The van der Waals surface area contributed by atoms with Gasteiger partial charge >= 0.3 is 0 Å². The molecule has 0 bridgehead atoms. The van der Waals surface area contributed by atoms with E-state index in [1.54, 1.807) is 12.3 Å². The minimum absolute atomic E-state index is 0.128. The lowest BCUT2D eigenvalue weighted by molar-refractivity contribution is 0.140. The second-order valence-electron chi connectivity index (χ2n) is 5.83. The third-order valence-electron chi connectivity index (χ3n) is 4.29. The Bertz CT molecular complexity index is 705. The number of hydrogen-bond donors (Lipinski definition) is 2.